The lowest BCUT2D eigenvalue weighted by molar-refractivity contribution is -0.125. The molecule has 2 aromatic rings. The van der Waals surface area contributed by atoms with Crippen LogP contribution in [0.4, 0.5) is 5.69 Å². The first-order valence-electron chi connectivity index (χ1n) is 8.00. The van der Waals surface area contributed by atoms with Gasteiger partial charge in [0, 0.05) is 18.9 Å². The molecule has 0 fully saturated rings. The Morgan fingerprint density at radius 1 is 1.12 bits per heavy atom. The van der Waals surface area contributed by atoms with Crippen LogP contribution in [0.5, 0.6) is 0 Å². The number of pyridine rings is 1. The van der Waals surface area contributed by atoms with E-state index in [-0.39, 0.29) is 18.2 Å². The maximum atomic E-state index is 12.2. The molecule has 0 saturated carbocycles. The number of carbonyl (C=O) groups is 3. The van der Waals surface area contributed by atoms with E-state index in [4.69, 9.17) is 0 Å². The van der Waals surface area contributed by atoms with Gasteiger partial charge < -0.3 is 16.0 Å². The maximum absolute atomic E-state index is 12.2. The Hall–Kier alpha value is -3.22. The molecular formula is C18H18N4O3. The average molecular weight is 338 g/mol. The zero-order valence-electron chi connectivity index (χ0n) is 13.5. The Kier molecular flexibility index (Phi) is 5.03. The standard InChI is InChI=1S/C18H18N4O3/c23-16(20-10-7-12-5-8-19-9-6-12)11-15-18(25)21-14-4-2-1-3-13(14)17(24)22-15/h1-6,8-9,15H,7,10-11H2,(H,20,23)(H,21,25)(H,22,24)/t15-/m1/s1. The first-order chi connectivity index (χ1) is 12.1. The normalized spacial score (nSPS) is 16.2. The summed E-state index contributed by atoms with van der Waals surface area (Å²) in [5.74, 6) is -1.06. The zero-order chi connectivity index (χ0) is 17.6. The molecule has 25 heavy (non-hydrogen) atoms. The van der Waals surface area contributed by atoms with E-state index in [1.54, 1.807) is 36.7 Å². The van der Waals surface area contributed by atoms with Gasteiger partial charge in [-0.1, -0.05) is 12.1 Å². The highest BCUT2D eigenvalue weighted by atomic mass is 16.2. The number of anilines is 1. The van der Waals surface area contributed by atoms with Crippen molar-refractivity contribution in [3.8, 4) is 0 Å². The molecule has 7 nitrogen and oxygen atoms in total. The largest absolute Gasteiger partial charge is 0.356 e. The number of fused-ring (bicyclic) bond motifs is 1. The van der Waals surface area contributed by atoms with Crippen molar-refractivity contribution < 1.29 is 14.4 Å². The van der Waals surface area contributed by atoms with Crippen LogP contribution >= 0.6 is 0 Å². The SMILES string of the molecule is O=C(C[C@H]1NC(=O)c2ccccc2NC1=O)NCCc1ccncc1. The van der Waals surface area contributed by atoms with Crippen LogP contribution in [0.25, 0.3) is 0 Å². The molecular weight excluding hydrogens is 320 g/mol. The number of aromatic nitrogens is 1. The van der Waals surface area contributed by atoms with E-state index in [0.29, 0.717) is 24.2 Å². The van der Waals surface area contributed by atoms with Crippen molar-refractivity contribution in [3.63, 3.8) is 0 Å². The van der Waals surface area contributed by atoms with E-state index < -0.39 is 11.9 Å². The first kappa shape index (κ1) is 16.6. The molecule has 1 aliphatic rings. The predicted octanol–water partition coefficient (Wildman–Crippen LogP) is 0.881. The van der Waals surface area contributed by atoms with Gasteiger partial charge >= 0.3 is 0 Å². The number of benzene rings is 1. The molecule has 1 atom stereocenters. The van der Waals surface area contributed by atoms with E-state index in [9.17, 15) is 14.4 Å². The molecule has 0 saturated heterocycles. The van der Waals surface area contributed by atoms with E-state index in [2.05, 4.69) is 20.9 Å². The Bertz CT molecular complexity index is 792. The third kappa shape index (κ3) is 4.20. The lowest BCUT2D eigenvalue weighted by atomic mass is 10.1. The van der Waals surface area contributed by atoms with E-state index in [0.717, 1.165) is 5.56 Å². The first-order valence-corrected chi connectivity index (χ1v) is 8.00. The number of hydrogen-bond donors (Lipinski definition) is 3. The summed E-state index contributed by atoms with van der Waals surface area (Å²) in [6, 6.07) is 9.59. The van der Waals surface area contributed by atoms with Crippen molar-refractivity contribution >= 4 is 23.4 Å². The molecule has 2 heterocycles. The number of amides is 3. The fraction of sp³-hybridized carbons (Fsp3) is 0.222. The second-order valence-electron chi connectivity index (χ2n) is 5.72. The molecule has 128 valence electrons. The van der Waals surface area contributed by atoms with Crippen LogP contribution in [0, 0.1) is 0 Å². The lowest BCUT2D eigenvalue weighted by Gasteiger charge is -2.14. The zero-order valence-corrected chi connectivity index (χ0v) is 13.5. The van der Waals surface area contributed by atoms with E-state index in [1.165, 1.54) is 0 Å². The number of hydrogen-bond acceptors (Lipinski definition) is 4. The minimum absolute atomic E-state index is 0.109. The molecule has 0 unspecified atom stereocenters. The molecule has 0 aliphatic carbocycles. The van der Waals surface area contributed by atoms with Crippen molar-refractivity contribution in [2.45, 2.75) is 18.9 Å². The summed E-state index contributed by atoms with van der Waals surface area (Å²) in [5.41, 5.74) is 1.90. The monoisotopic (exact) mass is 338 g/mol. The van der Waals surface area contributed by atoms with Gasteiger partial charge in [0.2, 0.25) is 11.8 Å². The van der Waals surface area contributed by atoms with E-state index >= 15 is 0 Å². The van der Waals surface area contributed by atoms with Crippen LogP contribution in [0.2, 0.25) is 0 Å². The Labute approximate surface area is 144 Å². The quantitative estimate of drug-likeness (QED) is 0.753. The Balaban J connectivity index is 1.55. The van der Waals surface area contributed by atoms with Crippen LogP contribution in [-0.4, -0.2) is 35.3 Å². The summed E-state index contributed by atoms with van der Waals surface area (Å²) in [4.78, 5) is 40.5. The number of rotatable bonds is 5. The minimum Gasteiger partial charge on any atom is -0.356 e. The fourth-order valence-electron chi connectivity index (χ4n) is 2.61. The second kappa shape index (κ2) is 7.57. The number of nitrogens with zero attached hydrogens (tertiary/aromatic N) is 1. The van der Waals surface area contributed by atoms with Gasteiger partial charge in [-0.25, -0.2) is 0 Å². The molecule has 0 spiro atoms. The number of para-hydroxylation sites is 1. The van der Waals surface area contributed by atoms with Gasteiger partial charge in [-0.3, -0.25) is 19.4 Å². The summed E-state index contributed by atoms with van der Waals surface area (Å²) >= 11 is 0. The summed E-state index contributed by atoms with van der Waals surface area (Å²) in [6.07, 6.45) is 3.95. The summed E-state index contributed by atoms with van der Waals surface area (Å²) in [5, 5.41) is 8.05. The fourth-order valence-corrected chi connectivity index (χ4v) is 2.61. The Morgan fingerprint density at radius 2 is 1.88 bits per heavy atom. The van der Waals surface area contributed by atoms with Crippen LogP contribution in [0.3, 0.4) is 0 Å². The third-order valence-corrected chi connectivity index (χ3v) is 3.93. The van der Waals surface area contributed by atoms with Crippen molar-refractivity contribution in [3.05, 3.63) is 59.9 Å². The number of nitrogens with one attached hydrogen (secondary N) is 3. The predicted molar refractivity (Wildman–Crippen MR) is 91.9 cm³/mol. The van der Waals surface area contributed by atoms with Gasteiger partial charge in [0.25, 0.3) is 5.91 Å². The van der Waals surface area contributed by atoms with E-state index in [1.807, 2.05) is 12.1 Å². The van der Waals surface area contributed by atoms with Crippen LogP contribution < -0.4 is 16.0 Å². The Morgan fingerprint density at radius 3 is 2.68 bits per heavy atom. The van der Waals surface area contributed by atoms with Crippen molar-refractivity contribution in [1.29, 1.82) is 0 Å². The van der Waals surface area contributed by atoms with Crippen LogP contribution in [0.1, 0.15) is 22.3 Å². The average Bonchev–Trinajstić information content (AvgIpc) is 2.73. The summed E-state index contributed by atoms with van der Waals surface area (Å²) in [6.45, 7) is 0.450. The molecule has 1 aromatic heterocycles. The van der Waals surface area contributed by atoms with Gasteiger partial charge in [0.05, 0.1) is 17.7 Å². The highest BCUT2D eigenvalue weighted by molar-refractivity contribution is 6.10. The topological polar surface area (TPSA) is 100 Å². The van der Waals surface area contributed by atoms with Crippen molar-refractivity contribution in [2.75, 3.05) is 11.9 Å². The molecule has 1 aromatic carbocycles. The van der Waals surface area contributed by atoms with Gasteiger partial charge in [-0.15, -0.1) is 0 Å². The molecule has 3 N–H and O–H groups in total. The van der Waals surface area contributed by atoms with Gasteiger partial charge in [-0.05, 0) is 36.2 Å². The van der Waals surface area contributed by atoms with Gasteiger partial charge in [0.15, 0.2) is 0 Å². The summed E-state index contributed by atoms with van der Waals surface area (Å²) < 4.78 is 0. The summed E-state index contributed by atoms with van der Waals surface area (Å²) in [7, 11) is 0. The molecule has 3 amide bonds. The highest BCUT2D eigenvalue weighted by Gasteiger charge is 2.29. The highest BCUT2D eigenvalue weighted by Crippen LogP contribution is 2.18. The van der Waals surface area contributed by atoms with Gasteiger partial charge in [0.1, 0.15) is 6.04 Å². The van der Waals surface area contributed by atoms with Crippen molar-refractivity contribution in [2.24, 2.45) is 0 Å². The van der Waals surface area contributed by atoms with Crippen LogP contribution in [0.15, 0.2) is 48.8 Å². The smallest absolute Gasteiger partial charge is 0.254 e. The molecule has 1 aliphatic heterocycles. The lowest BCUT2D eigenvalue weighted by Crippen LogP contribution is -2.44. The molecule has 7 heteroatoms. The van der Waals surface area contributed by atoms with Crippen molar-refractivity contribution in [1.82, 2.24) is 15.6 Å². The van der Waals surface area contributed by atoms with Crippen LogP contribution in [-0.2, 0) is 16.0 Å². The molecule has 0 bridgehead atoms. The third-order valence-electron chi connectivity index (χ3n) is 3.93. The maximum Gasteiger partial charge on any atom is 0.254 e. The van der Waals surface area contributed by atoms with Gasteiger partial charge in [-0.2, -0.15) is 0 Å². The molecule has 0 radical (unpaired) electrons. The second-order valence-corrected chi connectivity index (χ2v) is 5.72. The minimum atomic E-state index is -0.902. The number of carbonyl (C=O) groups excluding carboxylic acids is 3. The molecule has 3 rings (SSSR count).